The molecule has 0 atom stereocenters. The normalized spacial score (nSPS) is 11.4. The molecule has 2 aromatic heterocycles. The number of rotatable bonds is 8. The predicted molar refractivity (Wildman–Crippen MR) is 100 cm³/mol. The Morgan fingerprint density at radius 1 is 1.17 bits per heavy atom. The second-order valence-electron chi connectivity index (χ2n) is 6.05. The van der Waals surface area contributed by atoms with Crippen molar-refractivity contribution in [3.63, 3.8) is 0 Å². The molecule has 0 radical (unpaired) electrons. The highest BCUT2D eigenvalue weighted by Gasteiger charge is 2.15. The van der Waals surface area contributed by atoms with Gasteiger partial charge in [0.1, 0.15) is 5.01 Å². The summed E-state index contributed by atoms with van der Waals surface area (Å²) in [6.45, 7) is 3.00. The molecule has 0 aliphatic heterocycles. The molecule has 0 saturated heterocycles. The van der Waals surface area contributed by atoms with E-state index in [0.29, 0.717) is 0 Å². The number of aryl methyl sites for hydroxylation is 2. The molecule has 0 amide bonds. The number of nitrogens with zero attached hydrogens (tertiary/aromatic N) is 1. The van der Waals surface area contributed by atoms with Crippen molar-refractivity contribution in [2.24, 2.45) is 5.73 Å². The first-order chi connectivity index (χ1) is 11.3. The molecule has 0 aliphatic rings. The molecule has 0 spiro atoms. The smallest absolute Gasteiger partial charge is 0.139 e. The molecule has 0 saturated carbocycles. The predicted octanol–water partition coefficient (Wildman–Crippen LogP) is 4.92. The Morgan fingerprint density at radius 3 is 2.83 bits per heavy atom. The molecule has 4 heteroatoms. The van der Waals surface area contributed by atoms with Gasteiger partial charge in [-0.25, -0.2) is 4.98 Å². The zero-order valence-electron chi connectivity index (χ0n) is 13.8. The van der Waals surface area contributed by atoms with Gasteiger partial charge in [0.2, 0.25) is 0 Å². The fourth-order valence-electron chi connectivity index (χ4n) is 3.07. The van der Waals surface area contributed by atoms with Crippen molar-refractivity contribution < 1.29 is 0 Å². The van der Waals surface area contributed by atoms with E-state index >= 15 is 0 Å². The Morgan fingerprint density at radius 2 is 2.09 bits per heavy atom. The van der Waals surface area contributed by atoms with Gasteiger partial charge in [-0.15, -0.1) is 11.3 Å². The summed E-state index contributed by atoms with van der Waals surface area (Å²) < 4.78 is 0. The topological polar surface area (TPSA) is 54.7 Å². The molecule has 0 unspecified atom stereocenters. The van der Waals surface area contributed by atoms with Crippen LogP contribution in [0, 0.1) is 0 Å². The minimum absolute atomic E-state index is 0.761. The lowest BCUT2D eigenvalue weighted by Crippen LogP contribution is -1.99. The summed E-state index contributed by atoms with van der Waals surface area (Å²) in [6.07, 6.45) is 8.77. The highest BCUT2D eigenvalue weighted by molar-refractivity contribution is 7.13. The number of benzene rings is 1. The van der Waals surface area contributed by atoms with E-state index in [0.717, 1.165) is 37.2 Å². The van der Waals surface area contributed by atoms with Crippen LogP contribution in [0.25, 0.3) is 21.6 Å². The Kier molecular flexibility index (Phi) is 5.47. The average molecular weight is 327 g/mol. The third-order valence-electron chi connectivity index (χ3n) is 4.32. The first-order valence-corrected chi connectivity index (χ1v) is 9.45. The SMILES string of the molecule is CCCCc1ccc2[nH]c(-c3nccs3)c(CCCCN)c2c1. The van der Waals surface area contributed by atoms with Gasteiger partial charge in [-0.1, -0.05) is 19.4 Å². The van der Waals surface area contributed by atoms with Crippen molar-refractivity contribution in [3.05, 3.63) is 40.9 Å². The van der Waals surface area contributed by atoms with Crippen LogP contribution in [0.1, 0.15) is 43.7 Å². The molecule has 3 N–H and O–H groups in total. The third-order valence-corrected chi connectivity index (χ3v) is 5.11. The summed E-state index contributed by atoms with van der Waals surface area (Å²) in [5.74, 6) is 0. The van der Waals surface area contributed by atoms with Crippen molar-refractivity contribution in [1.82, 2.24) is 9.97 Å². The number of thiazole rings is 1. The summed E-state index contributed by atoms with van der Waals surface area (Å²) in [5.41, 5.74) is 10.9. The van der Waals surface area contributed by atoms with Crippen molar-refractivity contribution in [1.29, 1.82) is 0 Å². The molecule has 0 aliphatic carbocycles. The Bertz CT molecular complexity index is 743. The first-order valence-electron chi connectivity index (χ1n) is 8.57. The minimum atomic E-state index is 0.761. The van der Waals surface area contributed by atoms with Gasteiger partial charge < -0.3 is 10.7 Å². The number of nitrogens with one attached hydrogen (secondary N) is 1. The minimum Gasteiger partial charge on any atom is -0.352 e. The summed E-state index contributed by atoms with van der Waals surface area (Å²) in [6, 6.07) is 6.85. The monoisotopic (exact) mass is 327 g/mol. The first kappa shape index (κ1) is 16.2. The Hall–Kier alpha value is -1.65. The summed E-state index contributed by atoms with van der Waals surface area (Å²) in [5, 5.41) is 4.48. The molecular formula is C19H25N3S. The second-order valence-corrected chi connectivity index (χ2v) is 6.94. The molecule has 122 valence electrons. The number of unbranched alkanes of at least 4 members (excludes halogenated alkanes) is 2. The van der Waals surface area contributed by atoms with E-state index in [9.17, 15) is 0 Å². The Labute approximate surface area is 141 Å². The zero-order valence-corrected chi connectivity index (χ0v) is 14.6. The Balaban J connectivity index is 2.01. The van der Waals surface area contributed by atoms with Crippen LogP contribution in [-0.2, 0) is 12.8 Å². The highest BCUT2D eigenvalue weighted by Crippen LogP contribution is 2.33. The quantitative estimate of drug-likeness (QED) is 0.577. The van der Waals surface area contributed by atoms with Gasteiger partial charge in [-0.05, 0) is 61.9 Å². The number of H-pyrrole nitrogens is 1. The van der Waals surface area contributed by atoms with Crippen LogP contribution in [0.3, 0.4) is 0 Å². The van der Waals surface area contributed by atoms with Crippen molar-refractivity contribution >= 4 is 22.2 Å². The number of nitrogens with two attached hydrogens (primary N) is 1. The van der Waals surface area contributed by atoms with Crippen LogP contribution in [0.5, 0.6) is 0 Å². The standard InChI is InChI=1S/C19H25N3S/c1-2-3-6-14-8-9-17-16(13-14)15(7-4-5-10-20)18(22-17)19-21-11-12-23-19/h8-9,11-13,22H,2-7,10,20H2,1H3. The molecule has 3 aromatic rings. The molecule has 0 bridgehead atoms. The summed E-state index contributed by atoms with van der Waals surface area (Å²) in [4.78, 5) is 8.10. The van der Waals surface area contributed by atoms with Crippen molar-refractivity contribution in [2.45, 2.75) is 45.4 Å². The van der Waals surface area contributed by atoms with Crippen LogP contribution in [0.15, 0.2) is 29.8 Å². The van der Waals surface area contributed by atoms with Gasteiger partial charge in [0, 0.05) is 22.5 Å². The lowest BCUT2D eigenvalue weighted by atomic mass is 10.0. The number of aromatic nitrogens is 2. The molecule has 2 heterocycles. The fourth-order valence-corrected chi connectivity index (χ4v) is 3.73. The van der Waals surface area contributed by atoms with E-state index < -0.39 is 0 Å². The maximum atomic E-state index is 5.67. The van der Waals surface area contributed by atoms with Crippen LogP contribution < -0.4 is 5.73 Å². The van der Waals surface area contributed by atoms with Gasteiger partial charge in [0.25, 0.3) is 0 Å². The van der Waals surface area contributed by atoms with Crippen LogP contribution in [0.4, 0.5) is 0 Å². The average Bonchev–Trinajstić information content (AvgIpc) is 3.21. The van der Waals surface area contributed by atoms with Crippen LogP contribution in [0.2, 0.25) is 0 Å². The molecule has 3 rings (SSSR count). The number of aromatic amines is 1. The van der Waals surface area contributed by atoms with Gasteiger partial charge in [0.05, 0.1) is 5.69 Å². The largest absolute Gasteiger partial charge is 0.352 e. The van der Waals surface area contributed by atoms with Crippen molar-refractivity contribution in [3.8, 4) is 10.7 Å². The summed E-state index contributed by atoms with van der Waals surface area (Å²) >= 11 is 1.70. The van der Waals surface area contributed by atoms with E-state index in [1.807, 2.05) is 11.6 Å². The highest BCUT2D eigenvalue weighted by atomic mass is 32.1. The second kappa shape index (κ2) is 7.75. The van der Waals surface area contributed by atoms with Gasteiger partial charge >= 0.3 is 0 Å². The van der Waals surface area contributed by atoms with E-state index in [2.05, 4.69) is 35.1 Å². The summed E-state index contributed by atoms with van der Waals surface area (Å²) in [7, 11) is 0. The molecule has 3 nitrogen and oxygen atoms in total. The van der Waals surface area contributed by atoms with Gasteiger partial charge in [-0.3, -0.25) is 0 Å². The lowest BCUT2D eigenvalue weighted by molar-refractivity contribution is 0.748. The molecule has 1 aromatic carbocycles. The van der Waals surface area contributed by atoms with Gasteiger partial charge in [0.15, 0.2) is 0 Å². The molecule has 0 fully saturated rings. The molecular weight excluding hydrogens is 302 g/mol. The van der Waals surface area contributed by atoms with Crippen LogP contribution in [-0.4, -0.2) is 16.5 Å². The lowest BCUT2D eigenvalue weighted by Gasteiger charge is -2.04. The number of hydrogen-bond donors (Lipinski definition) is 2. The van der Waals surface area contributed by atoms with E-state index in [4.69, 9.17) is 5.73 Å². The maximum Gasteiger partial charge on any atom is 0.139 e. The fraction of sp³-hybridized carbons (Fsp3) is 0.421. The number of hydrogen-bond acceptors (Lipinski definition) is 3. The molecule has 23 heavy (non-hydrogen) atoms. The number of fused-ring (bicyclic) bond motifs is 1. The maximum absolute atomic E-state index is 5.67. The van der Waals surface area contributed by atoms with Gasteiger partial charge in [-0.2, -0.15) is 0 Å². The third kappa shape index (κ3) is 3.65. The van der Waals surface area contributed by atoms with E-state index in [-0.39, 0.29) is 0 Å². The van der Waals surface area contributed by atoms with E-state index in [1.165, 1.54) is 40.6 Å². The van der Waals surface area contributed by atoms with Crippen molar-refractivity contribution in [2.75, 3.05) is 6.54 Å². The van der Waals surface area contributed by atoms with Crippen LogP contribution >= 0.6 is 11.3 Å². The zero-order chi connectivity index (χ0) is 16.1. The van der Waals surface area contributed by atoms with E-state index in [1.54, 1.807) is 11.3 Å².